The van der Waals surface area contributed by atoms with E-state index in [2.05, 4.69) is 58.6 Å². The number of aryl methyl sites for hydroxylation is 1. The zero-order valence-corrected chi connectivity index (χ0v) is 14.3. The summed E-state index contributed by atoms with van der Waals surface area (Å²) in [5.41, 5.74) is 3.36. The molecule has 0 bridgehead atoms. The van der Waals surface area contributed by atoms with E-state index in [1.165, 1.54) is 21.9 Å². The number of methoxy groups -OCH3 is 1. The van der Waals surface area contributed by atoms with Crippen LogP contribution in [-0.2, 0) is 6.54 Å². The van der Waals surface area contributed by atoms with E-state index >= 15 is 0 Å². The molecule has 4 aromatic rings. The van der Waals surface area contributed by atoms with Crippen LogP contribution in [0.1, 0.15) is 11.1 Å². The molecule has 4 rings (SSSR count). The second kappa shape index (κ2) is 6.40. The molecule has 1 N–H and O–H groups in total. The van der Waals surface area contributed by atoms with Crippen molar-refractivity contribution in [3.8, 4) is 5.75 Å². The van der Waals surface area contributed by atoms with E-state index in [4.69, 9.17) is 4.74 Å². The Morgan fingerprint density at radius 1 is 0.920 bits per heavy atom. The van der Waals surface area contributed by atoms with Gasteiger partial charge >= 0.3 is 0 Å². The van der Waals surface area contributed by atoms with E-state index in [-0.39, 0.29) is 0 Å². The summed E-state index contributed by atoms with van der Waals surface area (Å²) >= 11 is 0. The summed E-state index contributed by atoms with van der Waals surface area (Å²) in [4.78, 5) is 8.74. The molecule has 0 unspecified atom stereocenters. The predicted octanol–water partition coefficient (Wildman–Crippen LogP) is 4.71. The van der Waals surface area contributed by atoms with Gasteiger partial charge in [-0.2, -0.15) is 0 Å². The third kappa shape index (κ3) is 3.11. The summed E-state index contributed by atoms with van der Waals surface area (Å²) in [6.45, 7) is 2.79. The van der Waals surface area contributed by atoms with Gasteiger partial charge in [0, 0.05) is 11.9 Å². The topological polar surface area (TPSA) is 47.0 Å². The Kier molecular flexibility index (Phi) is 3.94. The van der Waals surface area contributed by atoms with E-state index < -0.39 is 0 Å². The van der Waals surface area contributed by atoms with Crippen molar-refractivity contribution in [3.05, 3.63) is 72.1 Å². The monoisotopic (exact) mass is 329 g/mol. The van der Waals surface area contributed by atoms with E-state index in [9.17, 15) is 0 Å². The highest BCUT2D eigenvalue weighted by atomic mass is 16.5. The first-order valence-electron chi connectivity index (χ1n) is 8.25. The van der Waals surface area contributed by atoms with Gasteiger partial charge in [0.25, 0.3) is 0 Å². The highest BCUT2D eigenvalue weighted by molar-refractivity contribution is 5.89. The third-order valence-electron chi connectivity index (χ3n) is 4.36. The minimum absolute atomic E-state index is 0.710. The predicted molar refractivity (Wildman–Crippen MR) is 102 cm³/mol. The summed E-state index contributed by atoms with van der Waals surface area (Å²) in [6, 6.07) is 18.8. The van der Waals surface area contributed by atoms with Crippen molar-refractivity contribution in [2.75, 3.05) is 12.4 Å². The average Bonchev–Trinajstić information content (AvgIpc) is 2.65. The normalized spacial score (nSPS) is 11.0. The van der Waals surface area contributed by atoms with Gasteiger partial charge in [0.2, 0.25) is 0 Å². The third-order valence-corrected chi connectivity index (χ3v) is 4.36. The summed E-state index contributed by atoms with van der Waals surface area (Å²) < 4.78 is 5.28. The van der Waals surface area contributed by atoms with E-state index in [0.717, 1.165) is 22.5 Å². The largest absolute Gasteiger partial charge is 0.497 e. The molecule has 1 heterocycles. The summed E-state index contributed by atoms with van der Waals surface area (Å²) in [6.07, 6.45) is 1.60. The van der Waals surface area contributed by atoms with Gasteiger partial charge < -0.3 is 10.1 Å². The van der Waals surface area contributed by atoms with Crippen LogP contribution in [-0.4, -0.2) is 17.1 Å². The molecule has 25 heavy (non-hydrogen) atoms. The Hall–Kier alpha value is -3.14. The van der Waals surface area contributed by atoms with Crippen molar-refractivity contribution in [2.24, 2.45) is 0 Å². The molecule has 0 saturated heterocycles. The molecule has 0 atom stereocenters. The fourth-order valence-corrected chi connectivity index (χ4v) is 3.01. The molecule has 0 aliphatic heterocycles. The van der Waals surface area contributed by atoms with Crippen LogP contribution in [0.5, 0.6) is 5.75 Å². The van der Waals surface area contributed by atoms with E-state index in [1.54, 1.807) is 13.4 Å². The lowest BCUT2D eigenvalue weighted by Crippen LogP contribution is -2.02. The SMILES string of the molecule is COc1ccc2cc(CNc3ncnc4ccc(C)cc34)ccc2c1. The Morgan fingerprint density at radius 3 is 2.64 bits per heavy atom. The van der Waals surface area contributed by atoms with Gasteiger partial charge in [-0.05, 0) is 53.6 Å². The summed E-state index contributed by atoms with van der Waals surface area (Å²) in [7, 11) is 1.69. The minimum atomic E-state index is 0.710. The molecule has 0 saturated carbocycles. The van der Waals surface area contributed by atoms with Gasteiger partial charge in [-0.1, -0.05) is 29.8 Å². The lowest BCUT2D eigenvalue weighted by atomic mass is 10.1. The van der Waals surface area contributed by atoms with Crippen LogP contribution in [0.25, 0.3) is 21.7 Å². The highest BCUT2D eigenvalue weighted by Gasteiger charge is 2.05. The van der Waals surface area contributed by atoms with Crippen molar-refractivity contribution in [1.29, 1.82) is 0 Å². The van der Waals surface area contributed by atoms with Crippen molar-refractivity contribution < 1.29 is 4.74 Å². The van der Waals surface area contributed by atoms with Crippen molar-refractivity contribution in [1.82, 2.24) is 9.97 Å². The molecule has 0 aliphatic carbocycles. The van der Waals surface area contributed by atoms with Crippen molar-refractivity contribution in [3.63, 3.8) is 0 Å². The maximum Gasteiger partial charge on any atom is 0.137 e. The van der Waals surface area contributed by atoms with Gasteiger partial charge in [0.05, 0.1) is 12.6 Å². The number of hydrogen-bond acceptors (Lipinski definition) is 4. The average molecular weight is 329 g/mol. The second-order valence-electron chi connectivity index (χ2n) is 6.14. The van der Waals surface area contributed by atoms with Gasteiger partial charge in [-0.15, -0.1) is 0 Å². The summed E-state index contributed by atoms with van der Waals surface area (Å²) in [5.74, 6) is 1.74. The molecule has 124 valence electrons. The smallest absolute Gasteiger partial charge is 0.137 e. The molecule has 0 aliphatic rings. The molecule has 4 nitrogen and oxygen atoms in total. The van der Waals surface area contributed by atoms with Crippen LogP contribution in [0.15, 0.2) is 60.9 Å². The number of rotatable bonds is 4. The van der Waals surface area contributed by atoms with Gasteiger partial charge in [0.1, 0.15) is 17.9 Å². The van der Waals surface area contributed by atoms with Crippen LogP contribution >= 0.6 is 0 Å². The van der Waals surface area contributed by atoms with Crippen LogP contribution in [0.3, 0.4) is 0 Å². The fraction of sp³-hybridized carbons (Fsp3) is 0.143. The molecule has 0 radical (unpaired) electrons. The van der Waals surface area contributed by atoms with Gasteiger partial charge in [-0.25, -0.2) is 9.97 Å². The molecule has 1 aromatic heterocycles. The fourth-order valence-electron chi connectivity index (χ4n) is 3.01. The maximum atomic E-state index is 5.28. The first-order chi connectivity index (χ1) is 12.2. The number of ether oxygens (including phenoxy) is 1. The quantitative estimate of drug-likeness (QED) is 0.589. The second-order valence-corrected chi connectivity index (χ2v) is 6.14. The standard InChI is InChI=1S/C21H19N3O/c1-14-3-8-20-19(9-14)21(24-13-23-20)22-12-15-4-5-17-11-18(25-2)7-6-16(17)10-15/h3-11,13H,12H2,1-2H3,(H,22,23,24). The van der Waals surface area contributed by atoms with E-state index in [1.807, 2.05) is 18.2 Å². The molecule has 0 fully saturated rings. The summed E-state index contributed by atoms with van der Waals surface area (Å²) in [5, 5.41) is 6.86. The zero-order chi connectivity index (χ0) is 17.2. The van der Waals surface area contributed by atoms with Gasteiger partial charge in [0.15, 0.2) is 0 Å². The number of aromatic nitrogens is 2. The number of nitrogens with zero attached hydrogens (tertiary/aromatic N) is 2. The number of fused-ring (bicyclic) bond motifs is 2. The Bertz CT molecular complexity index is 1060. The molecule has 0 spiro atoms. The highest BCUT2D eigenvalue weighted by Crippen LogP contribution is 2.24. The number of anilines is 1. The van der Waals surface area contributed by atoms with Crippen LogP contribution < -0.4 is 10.1 Å². The minimum Gasteiger partial charge on any atom is -0.497 e. The molecular weight excluding hydrogens is 310 g/mol. The van der Waals surface area contributed by atoms with Crippen LogP contribution in [0, 0.1) is 6.92 Å². The molecule has 4 heteroatoms. The van der Waals surface area contributed by atoms with Crippen molar-refractivity contribution in [2.45, 2.75) is 13.5 Å². The lowest BCUT2D eigenvalue weighted by Gasteiger charge is -2.10. The number of hydrogen-bond donors (Lipinski definition) is 1. The zero-order valence-electron chi connectivity index (χ0n) is 14.3. The van der Waals surface area contributed by atoms with E-state index in [0.29, 0.717) is 6.54 Å². The molecular formula is C21H19N3O. The Balaban J connectivity index is 1.61. The lowest BCUT2D eigenvalue weighted by molar-refractivity contribution is 0.415. The number of nitrogens with one attached hydrogen (secondary N) is 1. The number of benzene rings is 3. The van der Waals surface area contributed by atoms with Crippen LogP contribution in [0.2, 0.25) is 0 Å². The first-order valence-corrected chi connectivity index (χ1v) is 8.25. The Labute approximate surface area is 146 Å². The maximum absolute atomic E-state index is 5.28. The first kappa shape index (κ1) is 15.4. The molecule has 3 aromatic carbocycles. The van der Waals surface area contributed by atoms with Gasteiger partial charge in [-0.3, -0.25) is 0 Å². The van der Waals surface area contributed by atoms with Crippen molar-refractivity contribution >= 4 is 27.5 Å². The Morgan fingerprint density at radius 2 is 1.76 bits per heavy atom. The molecule has 0 amide bonds. The van der Waals surface area contributed by atoms with Crippen LogP contribution in [0.4, 0.5) is 5.82 Å².